The second kappa shape index (κ2) is 12.0. The van der Waals surface area contributed by atoms with Crippen LogP contribution in [0.3, 0.4) is 0 Å². The number of aliphatic imine (C=N–C) groups is 1. The monoisotopic (exact) mass is 368 g/mol. The molecule has 0 bridgehead atoms. The molecular weight excluding hydrogens is 336 g/mol. The average Bonchev–Trinajstić information content (AvgIpc) is 2.62. The molecule has 0 saturated heterocycles. The lowest BCUT2D eigenvalue weighted by atomic mass is 10.1. The van der Waals surface area contributed by atoms with Gasteiger partial charge in [-0.3, -0.25) is 4.99 Å². The fourth-order valence-corrected chi connectivity index (χ4v) is 2.87. The SMILES string of the molecule is CCN(CC)CCCC(C)NC(=NC)NCc1ccc(Cl)cc1OC. The first kappa shape index (κ1) is 21.6. The van der Waals surface area contributed by atoms with Gasteiger partial charge in [-0.2, -0.15) is 0 Å². The second-order valence-electron chi connectivity index (χ2n) is 6.10. The quantitative estimate of drug-likeness (QED) is 0.490. The Bertz CT molecular complexity index is 532. The van der Waals surface area contributed by atoms with E-state index in [0.717, 1.165) is 43.3 Å². The van der Waals surface area contributed by atoms with Crippen LogP contribution >= 0.6 is 11.6 Å². The molecule has 0 aromatic heterocycles. The molecule has 5 nitrogen and oxygen atoms in total. The Balaban J connectivity index is 2.44. The van der Waals surface area contributed by atoms with E-state index in [2.05, 4.69) is 41.3 Å². The molecule has 0 aliphatic heterocycles. The van der Waals surface area contributed by atoms with E-state index in [0.29, 0.717) is 17.6 Å². The molecule has 0 amide bonds. The molecule has 1 aromatic rings. The fourth-order valence-electron chi connectivity index (χ4n) is 2.70. The van der Waals surface area contributed by atoms with Crippen LogP contribution in [-0.2, 0) is 6.54 Å². The summed E-state index contributed by atoms with van der Waals surface area (Å²) in [7, 11) is 3.44. The summed E-state index contributed by atoms with van der Waals surface area (Å²) in [5, 5.41) is 7.46. The minimum atomic E-state index is 0.369. The van der Waals surface area contributed by atoms with Crippen LogP contribution < -0.4 is 15.4 Å². The van der Waals surface area contributed by atoms with E-state index >= 15 is 0 Å². The number of nitrogens with zero attached hydrogens (tertiary/aromatic N) is 2. The number of ether oxygens (including phenoxy) is 1. The van der Waals surface area contributed by atoms with Crippen LogP contribution in [0.5, 0.6) is 5.75 Å². The number of guanidine groups is 1. The van der Waals surface area contributed by atoms with Crippen LogP contribution in [0.1, 0.15) is 39.2 Å². The topological polar surface area (TPSA) is 48.9 Å². The zero-order chi connectivity index (χ0) is 18.7. The summed E-state index contributed by atoms with van der Waals surface area (Å²) in [6.45, 7) is 10.6. The van der Waals surface area contributed by atoms with Crippen molar-refractivity contribution in [2.75, 3.05) is 33.8 Å². The summed E-state index contributed by atoms with van der Waals surface area (Å²) in [5.74, 6) is 1.58. The third-order valence-corrected chi connectivity index (χ3v) is 4.54. The van der Waals surface area contributed by atoms with Crippen molar-refractivity contribution in [1.29, 1.82) is 0 Å². The van der Waals surface area contributed by atoms with Gasteiger partial charge in [0.2, 0.25) is 0 Å². The number of hydrogen-bond acceptors (Lipinski definition) is 3. The lowest BCUT2D eigenvalue weighted by Crippen LogP contribution is -2.42. The third-order valence-electron chi connectivity index (χ3n) is 4.31. The molecule has 0 spiro atoms. The van der Waals surface area contributed by atoms with Gasteiger partial charge in [-0.15, -0.1) is 0 Å². The Labute approximate surface area is 157 Å². The largest absolute Gasteiger partial charge is 0.496 e. The molecule has 1 aromatic carbocycles. The molecule has 0 aliphatic carbocycles. The molecule has 25 heavy (non-hydrogen) atoms. The number of hydrogen-bond donors (Lipinski definition) is 2. The van der Waals surface area contributed by atoms with Crippen molar-refractivity contribution in [2.45, 2.75) is 46.2 Å². The first-order valence-corrected chi connectivity index (χ1v) is 9.43. The summed E-state index contributed by atoms with van der Waals surface area (Å²) >= 11 is 6.01. The highest BCUT2D eigenvalue weighted by atomic mass is 35.5. The van der Waals surface area contributed by atoms with Crippen LogP contribution in [-0.4, -0.2) is 50.7 Å². The molecule has 0 saturated carbocycles. The first-order chi connectivity index (χ1) is 12.0. The lowest BCUT2D eigenvalue weighted by molar-refractivity contribution is 0.292. The third kappa shape index (κ3) is 7.97. The van der Waals surface area contributed by atoms with Crippen molar-refractivity contribution in [3.05, 3.63) is 28.8 Å². The van der Waals surface area contributed by atoms with Crippen LogP contribution in [0.25, 0.3) is 0 Å². The molecule has 0 fully saturated rings. The van der Waals surface area contributed by atoms with E-state index in [1.807, 2.05) is 18.2 Å². The molecule has 0 aliphatic rings. The molecule has 6 heteroatoms. The maximum atomic E-state index is 6.01. The summed E-state index contributed by atoms with van der Waals surface area (Å²) in [6, 6.07) is 6.03. The fraction of sp³-hybridized carbons (Fsp3) is 0.632. The Kier molecular flexibility index (Phi) is 10.3. The van der Waals surface area contributed by atoms with Gasteiger partial charge in [0.15, 0.2) is 5.96 Å². The highest BCUT2D eigenvalue weighted by Gasteiger charge is 2.08. The molecule has 0 radical (unpaired) electrons. The second-order valence-corrected chi connectivity index (χ2v) is 6.53. The van der Waals surface area contributed by atoms with Crippen molar-refractivity contribution in [3.8, 4) is 5.75 Å². The van der Waals surface area contributed by atoms with Gasteiger partial charge in [0.25, 0.3) is 0 Å². The van der Waals surface area contributed by atoms with E-state index < -0.39 is 0 Å². The van der Waals surface area contributed by atoms with Crippen molar-refractivity contribution in [3.63, 3.8) is 0 Å². The van der Waals surface area contributed by atoms with Crippen molar-refractivity contribution in [2.24, 2.45) is 4.99 Å². The van der Waals surface area contributed by atoms with Gasteiger partial charge in [0.05, 0.1) is 7.11 Å². The highest BCUT2D eigenvalue weighted by molar-refractivity contribution is 6.30. The average molecular weight is 369 g/mol. The first-order valence-electron chi connectivity index (χ1n) is 9.05. The Hall–Kier alpha value is -1.46. The van der Waals surface area contributed by atoms with E-state index in [9.17, 15) is 0 Å². The predicted octanol–water partition coefficient (Wildman–Crippen LogP) is 3.52. The van der Waals surface area contributed by atoms with Gasteiger partial charge >= 0.3 is 0 Å². The van der Waals surface area contributed by atoms with Crippen molar-refractivity contribution >= 4 is 17.6 Å². The molecule has 1 rings (SSSR count). The van der Waals surface area contributed by atoms with Crippen molar-refractivity contribution < 1.29 is 4.74 Å². The minimum absolute atomic E-state index is 0.369. The van der Waals surface area contributed by atoms with Gasteiger partial charge in [0, 0.05) is 30.2 Å². The van der Waals surface area contributed by atoms with E-state index in [-0.39, 0.29) is 0 Å². The normalized spacial score (nSPS) is 13.0. The van der Waals surface area contributed by atoms with Crippen LogP contribution in [0.2, 0.25) is 5.02 Å². The van der Waals surface area contributed by atoms with Crippen LogP contribution in [0.15, 0.2) is 23.2 Å². The zero-order valence-electron chi connectivity index (χ0n) is 16.2. The molecule has 1 unspecified atom stereocenters. The van der Waals surface area contributed by atoms with Crippen molar-refractivity contribution in [1.82, 2.24) is 15.5 Å². The maximum Gasteiger partial charge on any atom is 0.191 e. The smallest absolute Gasteiger partial charge is 0.191 e. The molecule has 1 atom stereocenters. The van der Waals surface area contributed by atoms with Crippen LogP contribution in [0.4, 0.5) is 0 Å². The van der Waals surface area contributed by atoms with Crippen LogP contribution in [0, 0.1) is 0 Å². The summed E-state index contributed by atoms with van der Waals surface area (Å²) < 4.78 is 5.38. The van der Waals surface area contributed by atoms with Gasteiger partial charge < -0.3 is 20.3 Å². The predicted molar refractivity (Wildman–Crippen MR) is 108 cm³/mol. The molecule has 142 valence electrons. The minimum Gasteiger partial charge on any atom is -0.496 e. The molecular formula is C19H33ClN4O. The standard InChI is InChI=1S/C19H33ClN4O/c1-6-24(7-2)12-8-9-15(3)23-19(21-4)22-14-16-10-11-17(20)13-18(16)25-5/h10-11,13,15H,6-9,12,14H2,1-5H3,(H2,21,22,23). The Morgan fingerprint density at radius 3 is 2.64 bits per heavy atom. The molecule has 2 N–H and O–H groups in total. The van der Waals surface area contributed by atoms with E-state index in [1.54, 1.807) is 14.2 Å². The summed E-state index contributed by atoms with van der Waals surface area (Å²) in [6.07, 6.45) is 2.29. The number of rotatable bonds is 10. The number of halogens is 1. The van der Waals surface area contributed by atoms with Gasteiger partial charge in [-0.05, 0) is 51.5 Å². The summed E-state index contributed by atoms with van der Waals surface area (Å²) in [5.41, 5.74) is 1.05. The number of nitrogens with one attached hydrogen (secondary N) is 2. The van der Waals surface area contributed by atoms with Gasteiger partial charge in [-0.25, -0.2) is 0 Å². The zero-order valence-corrected chi connectivity index (χ0v) is 17.0. The Morgan fingerprint density at radius 2 is 2.04 bits per heavy atom. The van der Waals surface area contributed by atoms with Gasteiger partial charge in [-0.1, -0.05) is 31.5 Å². The number of methoxy groups -OCH3 is 1. The maximum absolute atomic E-state index is 6.01. The van der Waals surface area contributed by atoms with E-state index in [4.69, 9.17) is 16.3 Å². The van der Waals surface area contributed by atoms with Gasteiger partial charge in [0.1, 0.15) is 5.75 Å². The number of benzene rings is 1. The van der Waals surface area contributed by atoms with E-state index in [1.165, 1.54) is 6.42 Å². The lowest BCUT2D eigenvalue weighted by Gasteiger charge is -2.21. The molecule has 0 heterocycles. The Morgan fingerprint density at radius 1 is 1.32 bits per heavy atom. The summed E-state index contributed by atoms with van der Waals surface area (Å²) in [4.78, 5) is 6.76. The highest BCUT2D eigenvalue weighted by Crippen LogP contribution is 2.22.